The number of carbonyl (C=O) groups excluding carboxylic acids is 2. The van der Waals surface area contributed by atoms with E-state index < -0.39 is 5.97 Å². The summed E-state index contributed by atoms with van der Waals surface area (Å²) in [6, 6.07) is 15.6. The molecule has 2 aromatic carbocycles. The fraction of sp³-hybridized carbons (Fsp3) is 0.250. The highest BCUT2D eigenvalue weighted by Crippen LogP contribution is 2.22. The number of amides is 1. The lowest BCUT2D eigenvalue weighted by atomic mass is 10.2. The third kappa shape index (κ3) is 4.19. The van der Waals surface area contributed by atoms with Gasteiger partial charge in [-0.15, -0.1) is 0 Å². The maximum atomic E-state index is 12.2. The third-order valence-corrected chi connectivity index (χ3v) is 4.04. The molecule has 1 aliphatic heterocycles. The third-order valence-electron chi connectivity index (χ3n) is 4.04. The van der Waals surface area contributed by atoms with Gasteiger partial charge in [0.1, 0.15) is 19.0 Å². The van der Waals surface area contributed by atoms with Crippen LogP contribution in [0, 0.1) is 11.3 Å². The second kappa shape index (κ2) is 8.17. The van der Waals surface area contributed by atoms with Gasteiger partial charge >= 0.3 is 5.97 Å². The zero-order chi connectivity index (χ0) is 18.4. The minimum Gasteiger partial charge on any atom is -0.490 e. The van der Waals surface area contributed by atoms with Gasteiger partial charge in [-0.25, -0.2) is 4.79 Å². The first-order chi connectivity index (χ1) is 12.7. The van der Waals surface area contributed by atoms with Gasteiger partial charge in [0.15, 0.2) is 0 Å². The molecular formula is C20H18N2O4. The number of esters is 1. The summed E-state index contributed by atoms with van der Waals surface area (Å²) in [5, 5.41) is 8.75. The molecule has 1 fully saturated rings. The van der Waals surface area contributed by atoms with Gasteiger partial charge in [-0.2, -0.15) is 5.26 Å². The van der Waals surface area contributed by atoms with Crippen LogP contribution in [-0.2, 0) is 9.53 Å². The van der Waals surface area contributed by atoms with Crippen LogP contribution < -0.4 is 9.64 Å². The van der Waals surface area contributed by atoms with Crippen LogP contribution in [-0.4, -0.2) is 31.6 Å². The van der Waals surface area contributed by atoms with Crippen molar-refractivity contribution in [1.29, 1.82) is 5.26 Å². The Morgan fingerprint density at radius 2 is 1.96 bits per heavy atom. The number of nitriles is 1. The molecule has 2 aromatic rings. The first-order valence-corrected chi connectivity index (χ1v) is 8.38. The zero-order valence-corrected chi connectivity index (χ0v) is 14.2. The molecular weight excluding hydrogens is 332 g/mol. The molecule has 3 rings (SSSR count). The van der Waals surface area contributed by atoms with Gasteiger partial charge in [-0.3, -0.25) is 4.79 Å². The van der Waals surface area contributed by atoms with E-state index in [0.29, 0.717) is 29.8 Å². The predicted octanol–water partition coefficient (Wildman–Crippen LogP) is 2.92. The zero-order valence-electron chi connectivity index (χ0n) is 14.2. The Balaban J connectivity index is 1.50. The lowest BCUT2D eigenvalue weighted by Gasteiger charge is -2.16. The van der Waals surface area contributed by atoms with E-state index in [4.69, 9.17) is 14.7 Å². The number of hydrogen-bond acceptors (Lipinski definition) is 5. The first-order valence-electron chi connectivity index (χ1n) is 8.38. The molecule has 132 valence electrons. The molecule has 0 radical (unpaired) electrons. The van der Waals surface area contributed by atoms with Crippen molar-refractivity contribution >= 4 is 17.6 Å². The van der Waals surface area contributed by atoms with Gasteiger partial charge in [-0.1, -0.05) is 6.07 Å². The monoisotopic (exact) mass is 350 g/mol. The molecule has 0 aliphatic carbocycles. The molecule has 26 heavy (non-hydrogen) atoms. The topological polar surface area (TPSA) is 79.6 Å². The second-order valence-corrected chi connectivity index (χ2v) is 5.82. The van der Waals surface area contributed by atoms with E-state index in [1.807, 2.05) is 12.1 Å². The summed E-state index contributed by atoms with van der Waals surface area (Å²) in [5.41, 5.74) is 1.68. The molecule has 1 amide bonds. The van der Waals surface area contributed by atoms with Gasteiger partial charge in [0.2, 0.25) is 5.91 Å². The van der Waals surface area contributed by atoms with Gasteiger partial charge in [-0.05, 0) is 48.9 Å². The van der Waals surface area contributed by atoms with Crippen LogP contribution in [0.4, 0.5) is 5.69 Å². The highest BCUT2D eigenvalue weighted by molar-refractivity contribution is 5.97. The molecule has 0 N–H and O–H groups in total. The summed E-state index contributed by atoms with van der Waals surface area (Å²) in [4.78, 5) is 25.7. The van der Waals surface area contributed by atoms with E-state index in [1.54, 1.807) is 47.4 Å². The molecule has 0 aromatic heterocycles. The van der Waals surface area contributed by atoms with Crippen LogP contribution in [0.15, 0.2) is 48.5 Å². The summed E-state index contributed by atoms with van der Waals surface area (Å²) < 4.78 is 10.7. The summed E-state index contributed by atoms with van der Waals surface area (Å²) in [6.07, 6.45) is 1.38. The Kier molecular flexibility index (Phi) is 5.49. The predicted molar refractivity (Wildman–Crippen MR) is 95.0 cm³/mol. The van der Waals surface area contributed by atoms with Crippen LogP contribution in [0.3, 0.4) is 0 Å². The Hall–Kier alpha value is -3.33. The summed E-state index contributed by atoms with van der Waals surface area (Å²) in [6.45, 7) is 0.989. The Morgan fingerprint density at radius 1 is 1.15 bits per heavy atom. The number of rotatable bonds is 6. The number of nitrogens with zero attached hydrogens (tertiary/aromatic N) is 2. The van der Waals surface area contributed by atoms with Gasteiger partial charge in [0, 0.05) is 18.7 Å². The lowest BCUT2D eigenvalue weighted by Crippen LogP contribution is -2.24. The van der Waals surface area contributed by atoms with E-state index in [2.05, 4.69) is 0 Å². The largest absolute Gasteiger partial charge is 0.490 e. The van der Waals surface area contributed by atoms with Crippen molar-refractivity contribution in [2.45, 2.75) is 12.8 Å². The Labute approximate surface area is 151 Å². The molecule has 6 heteroatoms. The minimum atomic E-state index is -0.457. The summed E-state index contributed by atoms with van der Waals surface area (Å²) in [5.74, 6) is 0.225. The van der Waals surface area contributed by atoms with E-state index in [9.17, 15) is 9.59 Å². The van der Waals surface area contributed by atoms with Crippen LogP contribution in [0.1, 0.15) is 28.8 Å². The smallest absolute Gasteiger partial charge is 0.338 e. The van der Waals surface area contributed by atoms with Crippen molar-refractivity contribution in [3.05, 3.63) is 59.7 Å². The fourth-order valence-corrected chi connectivity index (χ4v) is 2.72. The first kappa shape index (κ1) is 17.5. The average Bonchev–Trinajstić information content (AvgIpc) is 3.11. The van der Waals surface area contributed by atoms with Gasteiger partial charge < -0.3 is 14.4 Å². The summed E-state index contributed by atoms with van der Waals surface area (Å²) >= 11 is 0. The second-order valence-electron chi connectivity index (χ2n) is 5.82. The number of hydrogen-bond donors (Lipinski definition) is 0. The summed E-state index contributed by atoms with van der Waals surface area (Å²) in [7, 11) is 0. The molecule has 1 aliphatic rings. The molecule has 1 saturated heterocycles. The van der Waals surface area contributed by atoms with Gasteiger partial charge in [0.25, 0.3) is 0 Å². The Bertz CT molecular complexity index is 840. The Morgan fingerprint density at radius 3 is 2.65 bits per heavy atom. The highest BCUT2D eigenvalue weighted by Gasteiger charge is 2.22. The normalized spacial score (nSPS) is 13.3. The average molecular weight is 350 g/mol. The standard InChI is InChI=1S/C20H18N2O4/c21-14-15-6-8-18(9-7-15)25-11-12-26-20(24)16-3-1-4-17(13-16)22-10-2-5-19(22)23/h1,3-4,6-9,13H,2,5,10-12H2. The van der Waals surface area contributed by atoms with Crippen LogP contribution >= 0.6 is 0 Å². The van der Waals surface area contributed by atoms with E-state index in [0.717, 1.165) is 12.1 Å². The SMILES string of the molecule is N#Cc1ccc(OCCOC(=O)c2cccc(N3CCCC3=O)c2)cc1. The molecule has 0 bridgehead atoms. The highest BCUT2D eigenvalue weighted by atomic mass is 16.6. The lowest BCUT2D eigenvalue weighted by molar-refractivity contribution is -0.117. The van der Waals surface area contributed by atoms with Crippen molar-refractivity contribution in [2.75, 3.05) is 24.7 Å². The van der Waals surface area contributed by atoms with Crippen molar-refractivity contribution in [2.24, 2.45) is 0 Å². The maximum absolute atomic E-state index is 12.2. The van der Waals surface area contributed by atoms with Crippen molar-refractivity contribution in [3.63, 3.8) is 0 Å². The molecule has 6 nitrogen and oxygen atoms in total. The van der Waals surface area contributed by atoms with Crippen LogP contribution in [0.2, 0.25) is 0 Å². The van der Waals surface area contributed by atoms with Gasteiger partial charge in [0.05, 0.1) is 17.2 Å². The van der Waals surface area contributed by atoms with Crippen molar-refractivity contribution in [3.8, 4) is 11.8 Å². The van der Waals surface area contributed by atoms with E-state index in [-0.39, 0.29) is 19.1 Å². The molecule has 0 unspecified atom stereocenters. The number of ether oxygens (including phenoxy) is 2. The quantitative estimate of drug-likeness (QED) is 0.591. The fourth-order valence-electron chi connectivity index (χ4n) is 2.72. The van der Waals surface area contributed by atoms with Crippen LogP contribution in [0.5, 0.6) is 5.75 Å². The number of carbonyl (C=O) groups is 2. The molecule has 0 spiro atoms. The molecule has 1 heterocycles. The van der Waals surface area contributed by atoms with E-state index in [1.165, 1.54) is 0 Å². The molecule has 0 saturated carbocycles. The molecule has 0 atom stereocenters. The van der Waals surface area contributed by atoms with E-state index >= 15 is 0 Å². The minimum absolute atomic E-state index is 0.0753. The van der Waals surface area contributed by atoms with Crippen molar-refractivity contribution < 1.29 is 19.1 Å². The number of benzene rings is 2. The number of anilines is 1. The van der Waals surface area contributed by atoms with Crippen molar-refractivity contribution in [1.82, 2.24) is 0 Å². The van der Waals surface area contributed by atoms with Crippen LogP contribution in [0.25, 0.3) is 0 Å². The maximum Gasteiger partial charge on any atom is 0.338 e.